The maximum absolute atomic E-state index is 11.3. The van der Waals surface area contributed by atoms with Crippen molar-refractivity contribution in [3.63, 3.8) is 0 Å². The first-order valence-corrected chi connectivity index (χ1v) is 6.48. The van der Waals surface area contributed by atoms with E-state index in [1.54, 1.807) is 6.07 Å². The maximum Gasteiger partial charge on any atom is 0.161 e. The van der Waals surface area contributed by atoms with Crippen LogP contribution in [0.3, 0.4) is 0 Å². The van der Waals surface area contributed by atoms with Crippen LogP contribution in [0, 0.1) is 18.3 Å². The van der Waals surface area contributed by atoms with Gasteiger partial charge in [-0.2, -0.15) is 0 Å². The lowest BCUT2D eigenvalue weighted by atomic mass is 10.1. The number of hydrogen-bond acceptors (Lipinski definition) is 2. The van der Waals surface area contributed by atoms with E-state index in [0.29, 0.717) is 17.1 Å². The van der Waals surface area contributed by atoms with Crippen LogP contribution in [0.4, 0.5) is 5.69 Å². The Morgan fingerprint density at radius 1 is 1.56 bits per heavy atom. The zero-order chi connectivity index (χ0) is 13.1. The van der Waals surface area contributed by atoms with E-state index in [0.717, 1.165) is 18.2 Å². The van der Waals surface area contributed by atoms with Crippen molar-refractivity contribution in [2.24, 2.45) is 5.92 Å². The van der Waals surface area contributed by atoms with Crippen molar-refractivity contribution in [2.75, 3.05) is 18.0 Å². The van der Waals surface area contributed by atoms with Crippen molar-refractivity contribution in [2.45, 2.75) is 19.8 Å². The van der Waals surface area contributed by atoms with Gasteiger partial charge in [0.15, 0.2) is 5.78 Å². The summed E-state index contributed by atoms with van der Waals surface area (Å²) in [5, 5.41) is 0.498. The molecular weight excluding hydrogens is 246 g/mol. The smallest absolute Gasteiger partial charge is 0.161 e. The number of hydrogen-bond donors (Lipinski definition) is 0. The van der Waals surface area contributed by atoms with Crippen LogP contribution in [0.15, 0.2) is 18.2 Å². The highest BCUT2D eigenvalue weighted by atomic mass is 35.5. The summed E-state index contributed by atoms with van der Waals surface area (Å²) in [7, 11) is 0. The average molecular weight is 262 g/mol. The molecular formula is C15H16ClNO. The average Bonchev–Trinajstić information content (AvgIpc) is 3.11. The SMILES string of the molecule is C#CCN(CC1CC1)c1ccc(C(C)=O)c(Cl)c1. The first-order chi connectivity index (χ1) is 8.61. The molecule has 3 heteroatoms. The van der Waals surface area contributed by atoms with Crippen LogP contribution in [0.25, 0.3) is 0 Å². The number of ketones is 1. The molecule has 0 bridgehead atoms. The number of anilines is 1. The predicted octanol–water partition coefficient (Wildman–Crippen LogP) is 3.39. The first kappa shape index (κ1) is 13.0. The van der Waals surface area contributed by atoms with Crippen LogP contribution in [-0.2, 0) is 0 Å². The van der Waals surface area contributed by atoms with E-state index >= 15 is 0 Å². The minimum atomic E-state index is -0.0164. The van der Waals surface area contributed by atoms with E-state index in [1.807, 2.05) is 12.1 Å². The van der Waals surface area contributed by atoms with Gasteiger partial charge in [0.05, 0.1) is 11.6 Å². The minimum Gasteiger partial charge on any atom is -0.360 e. The monoisotopic (exact) mass is 261 g/mol. The van der Waals surface area contributed by atoms with Gasteiger partial charge >= 0.3 is 0 Å². The third kappa shape index (κ3) is 3.05. The molecule has 1 aromatic rings. The number of carbonyl (C=O) groups excluding carboxylic acids is 1. The second-order valence-electron chi connectivity index (χ2n) is 4.75. The largest absolute Gasteiger partial charge is 0.360 e. The van der Waals surface area contributed by atoms with Gasteiger partial charge in [0.25, 0.3) is 0 Å². The summed E-state index contributed by atoms with van der Waals surface area (Å²) in [5.41, 5.74) is 1.56. The van der Waals surface area contributed by atoms with E-state index in [-0.39, 0.29) is 5.78 Å². The van der Waals surface area contributed by atoms with E-state index < -0.39 is 0 Å². The summed E-state index contributed by atoms with van der Waals surface area (Å²) in [5.74, 6) is 3.41. The van der Waals surface area contributed by atoms with Gasteiger partial charge in [0, 0.05) is 17.8 Å². The Kier molecular flexibility index (Phi) is 3.93. The van der Waals surface area contributed by atoms with Crippen LogP contribution in [0.5, 0.6) is 0 Å². The molecule has 0 spiro atoms. The van der Waals surface area contributed by atoms with Crippen molar-refractivity contribution < 1.29 is 4.79 Å². The number of rotatable bonds is 5. The Bertz CT molecular complexity index is 500. The summed E-state index contributed by atoms with van der Waals surface area (Å²) >= 11 is 6.12. The van der Waals surface area contributed by atoms with Gasteiger partial charge in [-0.15, -0.1) is 6.42 Å². The Morgan fingerprint density at radius 2 is 2.28 bits per heavy atom. The summed E-state index contributed by atoms with van der Waals surface area (Å²) in [4.78, 5) is 13.5. The van der Waals surface area contributed by atoms with Crippen molar-refractivity contribution >= 4 is 23.1 Å². The summed E-state index contributed by atoms with van der Waals surface area (Å²) in [6, 6.07) is 5.52. The number of benzene rings is 1. The minimum absolute atomic E-state index is 0.0164. The lowest BCUT2D eigenvalue weighted by Crippen LogP contribution is -2.26. The fourth-order valence-corrected chi connectivity index (χ4v) is 2.28. The number of Topliss-reactive ketones (excluding diaryl/α,β-unsaturated/α-hetero) is 1. The van der Waals surface area contributed by atoms with Gasteiger partial charge < -0.3 is 4.90 Å². The summed E-state index contributed by atoms with van der Waals surface area (Å²) in [6.07, 6.45) is 7.96. The van der Waals surface area contributed by atoms with Gasteiger partial charge in [-0.05, 0) is 43.9 Å². The highest BCUT2D eigenvalue weighted by Crippen LogP contribution is 2.32. The molecule has 18 heavy (non-hydrogen) atoms. The van der Waals surface area contributed by atoms with Crippen LogP contribution in [-0.4, -0.2) is 18.9 Å². The molecule has 1 saturated carbocycles. The molecule has 1 aromatic carbocycles. The Hall–Kier alpha value is -1.46. The maximum atomic E-state index is 11.3. The number of nitrogens with zero attached hydrogens (tertiary/aromatic N) is 1. The molecule has 0 N–H and O–H groups in total. The molecule has 0 atom stereocenters. The summed E-state index contributed by atoms with van der Waals surface area (Å²) in [6.45, 7) is 3.07. The van der Waals surface area contributed by atoms with Gasteiger partial charge in [-0.25, -0.2) is 0 Å². The van der Waals surface area contributed by atoms with Crippen LogP contribution >= 0.6 is 11.6 Å². The fraction of sp³-hybridized carbons (Fsp3) is 0.400. The summed E-state index contributed by atoms with van der Waals surface area (Å²) < 4.78 is 0. The standard InChI is InChI=1S/C15H16ClNO/c1-3-8-17(10-12-4-5-12)13-6-7-14(11(2)18)15(16)9-13/h1,6-7,9,12H,4-5,8,10H2,2H3. The molecule has 94 valence electrons. The van der Waals surface area contributed by atoms with E-state index in [2.05, 4.69) is 10.8 Å². The highest BCUT2D eigenvalue weighted by molar-refractivity contribution is 6.34. The van der Waals surface area contributed by atoms with E-state index in [9.17, 15) is 4.79 Å². The van der Waals surface area contributed by atoms with Gasteiger partial charge in [-0.3, -0.25) is 4.79 Å². The molecule has 2 rings (SSSR count). The second kappa shape index (κ2) is 5.46. The third-order valence-electron chi connectivity index (χ3n) is 3.15. The van der Waals surface area contributed by atoms with Gasteiger partial charge in [0.2, 0.25) is 0 Å². The zero-order valence-electron chi connectivity index (χ0n) is 10.4. The molecule has 2 nitrogen and oxygen atoms in total. The second-order valence-corrected chi connectivity index (χ2v) is 5.16. The predicted molar refractivity (Wildman–Crippen MR) is 75.2 cm³/mol. The quantitative estimate of drug-likeness (QED) is 0.598. The lowest BCUT2D eigenvalue weighted by molar-refractivity contribution is 0.101. The molecule has 1 fully saturated rings. The molecule has 0 amide bonds. The third-order valence-corrected chi connectivity index (χ3v) is 3.47. The molecule has 0 aromatic heterocycles. The van der Waals surface area contributed by atoms with Crippen molar-refractivity contribution in [1.29, 1.82) is 0 Å². The topological polar surface area (TPSA) is 20.3 Å². The van der Waals surface area contributed by atoms with Crippen LogP contribution in [0.2, 0.25) is 5.02 Å². The van der Waals surface area contributed by atoms with Crippen molar-refractivity contribution in [1.82, 2.24) is 0 Å². The number of carbonyl (C=O) groups is 1. The molecule has 0 heterocycles. The molecule has 0 unspecified atom stereocenters. The number of halogens is 1. The first-order valence-electron chi connectivity index (χ1n) is 6.10. The van der Waals surface area contributed by atoms with Crippen LogP contribution < -0.4 is 4.90 Å². The van der Waals surface area contributed by atoms with Gasteiger partial charge in [-0.1, -0.05) is 17.5 Å². The Balaban J connectivity index is 2.21. The van der Waals surface area contributed by atoms with Gasteiger partial charge in [0.1, 0.15) is 0 Å². The molecule has 1 aliphatic rings. The Morgan fingerprint density at radius 3 is 2.78 bits per heavy atom. The highest BCUT2D eigenvalue weighted by Gasteiger charge is 2.24. The lowest BCUT2D eigenvalue weighted by Gasteiger charge is -2.23. The zero-order valence-corrected chi connectivity index (χ0v) is 11.2. The molecule has 0 aliphatic heterocycles. The normalized spacial score (nSPS) is 14.1. The molecule has 1 aliphatic carbocycles. The number of terminal acetylenes is 1. The van der Waals surface area contributed by atoms with Crippen molar-refractivity contribution in [3.05, 3.63) is 28.8 Å². The van der Waals surface area contributed by atoms with E-state index in [4.69, 9.17) is 18.0 Å². The Labute approximate surface area is 113 Å². The van der Waals surface area contributed by atoms with Crippen LogP contribution in [0.1, 0.15) is 30.1 Å². The fourth-order valence-electron chi connectivity index (χ4n) is 1.97. The van der Waals surface area contributed by atoms with Crippen molar-refractivity contribution in [3.8, 4) is 12.3 Å². The molecule has 0 saturated heterocycles. The molecule has 0 radical (unpaired) electrons. The van der Waals surface area contributed by atoms with E-state index in [1.165, 1.54) is 19.8 Å².